The molecule has 6 heteroatoms. The molecule has 0 amide bonds. The number of likely N-dealkylation sites (tertiary alicyclic amines) is 1. The number of aliphatic hydroxyl groups is 1. The lowest BCUT2D eigenvalue weighted by Crippen LogP contribution is -2.74. The van der Waals surface area contributed by atoms with Crippen molar-refractivity contribution in [1.82, 2.24) is 9.47 Å². The molecule has 0 unspecified atom stereocenters. The van der Waals surface area contributed by atoms with E-state index in [0.717, 1.165) is 79.0 Å². The van der Waals surface area contributed by atoms with E-state index in [0.29, 0.717) is 17.9 Å². The SMILES string of the molecule is Oc1ccc2c3c1O[C@H]1c4c(c5ccc(O)c6c5n4CCC6)C[C@@]4(O)[C@@H](C2)N(CC2CC2)CC[C@]314. The Morgan fingerprint density at radius 1 is 1.03 bits per heavy atom. The van der Waals surface area contributed by atoms with Crippen molar-refractivity contribution < 1.29 is 20.1 Å². The van der Waals surface area contributed by atoms with E-state index in [1.807, 2.05) is 12.1 Å². The van der Waals surface area contributed by atoms with Crippen molar-refractivity contribution in [2.75, 3.05) is 13.1 Å². The van der Waals surface area contributed by atoms with Crippen molar-refractivity contribution in [3.63, 3.8) is 0 Å². The number of phenols is 2. The van der Waals surface area contributed by atoms with Crippen LogP contribution in [0.25, 0.3) is 10.9 Å². The fourth-order valence-electron chi connectivity index (χ4n) is 8.90. The van der Waals surface area contributed by atoms with Crippen LogP contribution in [-0.2, 0) is 31.2 Å². The number of aryl methyl sites for hydroxylation is 2. The lowest BCUT2D eigenvalue weighted by atomic mass is 9.49. The molecule has 4 atom stereocenters. The van der Waals surface area contributed by atoms with Gasteiger partial charge in [-0.1, -0.05) is 6.07 Å². The Balaban J connectivity index is 1.36. The quantitative estimate of drug-likeness (QED) is 0.533. The van der Waals surface area contributed by atoms with Gasteiger partial charge in [-0.2, -0.15) is 0 Å². The van der Waals surface area contributed by atoms with Gasteiger partial charge in [0, 0.05) is 42.1 Å². The molecular formula is C29H30N2O4. The molecule has 2 fully saturated rings. The summed E-state index contributed by atoms with van der Waals surface area (Å²) in [5.74, 6) is 1.90. The number of hydrogen-bond acceptors (Lipinski definition) is 5. The van der Waals surface area contributed by atoms with Crippen molar-refractivity contribution in [3.8, 4) is 17.2 Å². The fourth-order valence-corrected chi connectivity index (χ4v) is 8.90. The molecule has 2 bridgehead atoms. The van der Waals surface area contributed by atoms with Crippen LogP contribution in [0.15, 0.2) is 24.3 Å². The summed E-state index contributed by atoms with van der Waals surface area (Å²) in [7, 11) is 0. The predicted octanol–water partition coefficient (Wildman–Crippen LogP) is 3.70. The first-order valence-electron chi connectivity index (χ1n) is 13.4. The van der Waals surface area contributed by atoms with Crippen LogP contribution in [0.1, 0.15) is 59.7 Å². The second-order valence-corrected chi connectivity index (χ2v) is 12.0. The Bertz CT molecular complexity index is 1470. The maximum atomic E-state index is 13.0. The molecular weight excluding hydrogens is 440 g/mol. The van der Waals surface area contributed by atoms with E-state index in [9.17, 15) is 15.3 Å². The first-order valence-corrected chi connectivity index (χ1v) is 13.4. The number of piperidine rings is 1. The summed E-state index contributed by atoms with van der Waals surface area (Å²) in [6, 6.07) is 7.76. The molecule has 1 saturated heterocycles. The van der Waals surface area contributed by atoms with E-state index in [-0.39, 0.29) is 17.9 Å². The summed E-state index contributed by atoms with van der Waals surface area (Å²) in [6.45, 7) is 2.92. The number of fused-ring (bicyclic) bond motifs is 4. The van der Waals surface area contributed by atoms with Crippen molar-refractivity contribution >= 4 is 10.9 Å². The third-order valence-corrected chi connectivity index (χ3v) is 10.5. The molecule has 1 saturated carbocycles. The standard InChI is InChI=1S/C29H30N2O4/c32-20-8-6-17-19-13-29(34)22-12-16-5-7-21(33)26-23(16)28(29,9-11-30(22)14-15-3-4-15)27(35-26)25(19)31-10-1-2-18(20)24(17)31/h5-8,15,22,27,32-34H,1-4,9-14H2/t22-,27+,28+,29-/m1/s1. The van der Waals surface area contributed by atoms with Gasteiger partial charge in [0.25, 0.3) is 0 Å². The molecule has 180 valence electrons. The van der Waals surface area contributed by atoms with Crippen LogP contribution in [0, 0.1) is 5.92 Å². The summed E-state index contributed by atoms with van der Waals surface area (Å²) in [6.07, 6.45) is 6.35. The summed E-state index contributed by atoms with van der Waals surface area (Å²) in [5.41, 5.74) is 5.26. The van der Waals surface area contributed by atoms with Gasteiger partial charge in [-0.05, 0) is 80.3 Å². The molecule has 0 radical (unpaired) electrons. The predicted molar refractivity (Wildman–Crippen MR) is 130 cm³/mol. The van der Waals surface area contributed by atoms with Crippen LogP contribution in [0.4, 0.5) is 0 Å². The van der Waals surface area contributed by atoms with Crippen LogP contribution in [0.3, 0.4) is 0 Å². The summed E-state index contributed by atoms with van der Waals surface area (Å²) in [5, 5.41) is 35.7. The Morgan fingerprint density at radius 3 is 2.74 bits per heavy atom. The van der Waals surface area contributed by atoms with Gasteiger partial charge in [-0.15, -0.1) is 0 Å². The second kappa shape index (κ2) is 5.98. The molecule has 3 aliphatic heterocycles. The smallest absolute Gasteiger partial charge is 0.166 e. The highest BCUT2D eigenvalue weighted by atomic mass is 16.5. The summed E-state index contributed by atoms with van der Waals surface area (Å²) in [4.78, 5) is 2.58. The van der Waals surface area contributed by atoms with Gasteiger partial charge in [0.1, 0.15) is 5.75 Å². The van der Waals surface area contributed by atoms with Gasteiger partial charge in [0.15, 0.2) is 17.6 Å². The monoisotopic (exact) mass is 470 g/mol. The average Bonchev–Trinajstić information content (AvgIpc) is 3.51. The highest BCUT2D eigenvalue weighted by Crippen LogP contribution is 2.69. The van der Waals surface area contributed by atoms with Gasteiger partial charge in [-0.3, -0.25) is 4.90 Å². The Kier molecular flexibility index (Phi) is 3.33. The highest BCUT2D eigenvalue weighted by Gasteiger charge is 2.73. The van der Waals surface area contributed by atoms with E-state index in [2.05, 4.69) is 15.5 Å². The van der Waals surface area contributed by atoms with Crippen LogP contribution >= 0.6 is 0 Å². The zero-order valence-corrected chi connectivity index (χ0v) is 19.8. The minimum atomic E-state index is -0.963. The summed E-state index contributed by atoms with van der Waals surface area (Å²) < 4.78 is 9.16. The van der Waals surface area contributed by atoms with Gasteiger partial charge >= 0.3 is 0 Å². The first kappa shape index (κ1) is 19.5. The molecule has 1 spiro atoms. The van der Waals surface area contributed by atoms with E-state index in [4.69, 9.17) is 4.74 Å². The van der Waals surface area contributed by atoms with Crippen molar-refractivity contribution in [1.29, 1.82) is 0 Å². The van der Waals surface area contributed by atoms with Gasteiger partial charge in [-0.25, -0.2) is 0 Å². The zero-order valence-electron chi connectivity index (χ0n) is 19.8. The zero-order chi connectivity index (χ0) is 23.3. The molecule has 1 aromatic heterocycles. The number of aromatic hydroxyl groups is 2. The van der Waals surface area contributed by atoms with Crippen molar-refractivity contribution in [3.05, 3.63) is 52.2 Å². The second-order valence-electron chi connectivity index (χ2n) is 12.0. The minimum absolute atomic E-state index is 0.0409. The first-order chi connectivity index (χ1) is 17.0. The topological polar surface area (TPSA) is 78.1 Å². The lowest BCUT2D eigenvalue weighted by molar-refractivity contribution is -0.173. The lowest BCUT2D eigenvalue weighted by Gasteiger charge is -2.63. The highest BCUT2D eigenvalue weighted by molar-refractivity contribution is 5.91. The molecule has 3 aromatic rings. The maximum absolute atomic E-state index is 13.0. The van der Waals surface area contributed by atoms with Crippen LogP contribution in [0.5, 0.6) is 17.2 Å². The number of benzene rings is 2. The maximum Gasteiger partial charge on any atom is 0.166 e. The van der Waals surface area contributed by atoms with E-state index < -0.39 is 11.0 Å². The fraction of sp³-hybridized carbons (Fsp3) is 0.517. The Morgan fingerprint density at radius 2 is 1.89 bits per heavy atom. The molecule has 6 aliphatic rings. The number of phenolic OH excluding ortho intramolecular Hbond substituents is 2. The van der Waals surface area contributed by atoms with Crippen molar-refractivity contribution in [2.45, 2.75) is 74.7 Å². The minimum Gasteiger partial charge on any atom is -0.508 e. The largest absolute Gasteiger partial charge is 0.508 e. The van der Waals surface area contributed by atoms with Gasteiger partial charge in [0.2, 0.25) is 0 Å². The molecule has 3 aliphatic carbocycles. The molecule has 35 heavy (non-hydrogen) atoms. The van der Waals surface area contributed by atoms with Crippen LogP contribution in [-0.4, -0.2) is 49.5 Å². The van der Waals surface area contributed by atoms with Crippen LogP contribution < -0.4 is 4.74 Å². The molecule has 2 aromatic carbocycles. The molecule has 6 nitrogen and oxygen atoms in total. The third-order valence-electron chi connectivity index (χ3n) is 10.5. The Labute approximate surface area is 203 Å². The van der Waals surface area contributed by atoms with Gasteiger partial charge < -0.3 is 24.6 Å². The molecule has 9 rings (SSSR count). The van der Waals surface area contributed by atoms with E-state index >= 15 is 0 Å². The number of rotatable bonds is 2. The summed E-state index contributed by atoms with van der Waals surface area (Å²) >= 11 is 0. The number of ether oxygens (including phenoxy) is 1. The Hall–Kier alpha value is -2.70. The normalized spacial score (nSPS) is 34.0. The molecule has 4 heterocycles. The van der Waals surface area contributed by atoms with Crippen LogP contribution in [0.2, 0.25) is 0 Å². The third kappa shape index (κ3) is 2.06. The molecule has 3 N–H and O–H groups in total. The van der Waals surface area contributed by atoms with Crippen molar-refractivity contribution in [2.24, 2.45) is 5.92 Å². The average molecular weight is 471 g/mol. The number of nitrogens with zero attached hydrogens (tertiary/aromatic N) is 2. The number of hydrogen-bond donors (Lipinski definition) is 3. The number of aromatic nitrogens is 1. The van der Waals surface area contributed by atoms with Gasteiger partial charge in [0.05, 0.1) is 22.2 Å². The van der Waals surface area contributed by atoms with E-state index in [1.165, 1.54) is 24.0 Å². The van der Waals surface area contributed by atoms with E-state index in [1.54, 1.807) is 6.07 Å².